The number of aliphatic hydroxyl groups is 2. The molecule has 3 heteroatoms. The van der Waals surface area contributed by atoms with Crippen LogP contribution in [0.1, 0.15) is 51.5 Å². The highest BCUT2D eigenvalue weighted by molar-refractivity contribution is 5.14. The Morgan fingerprint density at radius 1 is 1.17 bits per heavy atom. The van der Waals surface area contributed by atoms with Crippen LogP contribution in [-0.2, 0) is 6.42 Å². The summed E-state index contributed by atoms with van der Waals surface area (Å²) in [5.74, 6) is 0.568. The Balaban J connectivity index is 1.63. The van der Waals surface area contributed by atoms with Gasteiger partial charge in [-0.3, -0.25) is 0 Å². The van der Waals surface area contributed by atoms with Crippen molar-refractivity contribution >= 4 is 0 Å². The number of rotatable bonds is 8. The lowest BCUT2D eigenvalue weighted by molar-refractivity contribution is -0.0823. The molecular weight excluding hydrogens is 286 g/mol. The smallest absolute Gasteiger partial charge is 0.0796 e. The highest BCUT2D eigenvalue weighted by Crippen LogP contribution is 2.35. The van der Waals surface area contributed by atoms with Gasteiger partial charge in [0.15, 0.2) is 0 Å². The molecule has 3 N–H and O–H groups in total. The zero-order valence-electron chi connectivity index (χ0n) is 14.7. The lowest BCUT2D eigenvalue weighted by Gasteiger charge is -2.41. The van der Waals surface area contributed by atoms with Gasteiger partial charge < -0.3 is 15.5 Å². The molecular formula is C20H33NO2. The van der Waals surface area contributed by atoms with E-state index in [-0.39, 0.29) is 12.0 Å². The van der Waals surface area contributed by atoms with Crippen molar-refractivity contribution in [2.45, 2.75) is 64.1 Å². The largest absolute Gasteiger partial charge is 0.393 e. The molecule has 23 heavy (non-hydrogen) atoms. The summed E-state index contributed by atoms with van der Waals surface area (Å²) < 4.78 is 0. The molecule has 0 heterocycles. The van der Waals surface area contributed by atoms with Crippen molar-refractivity contribution in [3.63, 3.8) is 0 Å². The number of benzene rings is 1. The van der Waals surface area contributed by atoms with E-state index < -0.39 is 5.60 Å². The molecule has 1 aliphatic carbocycles. The van der Waals surface area contributed by atoms with Gasteiger partial charge in [0.2, 0.25) is 0 Å². The quantitative estimate of drug-likeness (QED) is 0.645. The number of unbranched alkanes of at least 4 members (excludes halogenated alkanes) is 1. The number of aryl methyl sites for hydroxylation is 1. The van der Waals surface area contributed by atoms with Gasteiger partial charge in [-0.15, -0.1) is 0 Å². The molecule has 1 aliphatic rings. The van der Waals surface area contributed by atoms with Gasteiger partial charge in [0.1, 0.15) is 0 Å². The summed E-state index contributed by atoms with van der Waals surface area (Å²) in [6, 6.07) is 10.6. The lowest BCUT2D eigenvalue weighted by Crippen LogP contribution is -2.50. The Labute approximate surface area is 141 Å². The first-order chi connectivity index (χ1) is 11.0. The summed E-state index contributed by atoms with van der Waals surface area (Å²) in [6.45, 7) is 5.53. The van der Waals surface area contributed by atoms with E-state index in [2.05, 4.69) is 36.5 Å². The fourth-order valence-corrected chi connectivity index (χ4v) is 3.77. The van der Waals surface area contributed by atoms with Crippen LogP contribution in [0.15, 0.2) is 30.3 Å². The summed E-state index contributed by atoms with van der Waals surface area (Å²) in [5, 5.41) is 24.3. The van der Waals surface area contributed by atoms with Crippen molar-refractivity contribution in [1.29, 1.82) is 0 Å². The van der Waals surface area contributed by atoms with E-state index in [0.29, 0.717) is 12.5 Å². The van der Waals surface area contributed by atoms with Gasteiger partial charge in [0, 0.05) is 12.5 Å². The molecule has 0 unspecified atom stereocenters. The van der Waals surface area contributed by atoms with Gasteiger partial charge in [-0.25, -0.2) is 0 Å². The SMILES string of the molecule is C[C@@H]1CC[C@@H]([C@](C)(O)CNCCCCc2ccccc2)[C@@H](O)C1. The van der Waals surface area contributed by atoms with Crippen LogP contribution in [0.5, 0.6) is 0 Å². The van der Waals surface area contributed by atoms with Crippen LogP contribution >= 0.6 is 0 Å². The predicted molar refractivity (Wildman–Crippen MR) is 95.4 cm³/mol. The van der Waals surface area contributed by atoms with Gasteiger partial charge in [-0.2, -0.15) is 0 Å². The molecule has 0 saturated heterocycles. The Bertz CT molecular complexity index is 446. The van der Waals surface area contributed by atoms with E-state index >= 15 is 0 Å². The van der Waals surface area contributed by atoms with Crippen LogP contribution in [0.25, 0.3) is 0 Å². The number of hydrogen-bond acceptors (Lipinski definition) is 3. The Hall–Kier alpha value is -0.900. The molecule has 0 aliphatic heterocycles. The fraction of sp³-hybridized carbons (Fsp3) is 0.700. The third-order valence-electron chi connectivity index (χ3n) is 5.27. The van der Waals surface area contributed by atoms with Gasteiger partial charge in [0.05, 0.1) is 11.7 Å². The summed E-state index contributed by atoms with van der Waals surface area (Å²) in [5.41, 5.74) is 0.567. The average molecular weight is 319 g/mol. The zero-order valence-corrected chi connectivity index (χ0v) is 14.7. The normalized spacial score (nSPS) is 27.6. The predicted octanol–water partition coefficient (Wildman–Crippen LogP) is 3.15. The lowest BCUT2D eigenvalue weighted by atomic mass is 9.72. The van der Waals surface area contributed by atoms with Gasteiger partial charge in [-0.1, -0.05) is 43.7 Å². The molecule has 4 atom stereocenters. The van der Waals surface area contributed by atoms with Crippen molar-refractivity contribution < 1.29 is 10.2 Å². The molecule has 0 radical (unpaired) electrons. The maximum absolute atomic E-state index is 10.7. The van der Waals surface area contributed by atoms with Crippen molar-refractivity contribution in [3.05, 3.63) is 35.9 Å². The average Bonchev–Trinajstić information content (AvgIpc) is 2.51. The van der Waals surface area contributed by atoms with Crippen LogP contribution in [0.4, 0.5) is 0 Å². The molecule has 130 valence electrons. The Morgan fingerprint density at radius 3 is 2.61 bits per heavy atom. The van der Waals surface area contributed by atoms with Gasteiger partial charge in [0.25, 0.3) is 0 Å². The molecule has 0 bridgehead atoms. The van der Waals surface area contributed by atoms with Crippen molar-refractivity contribution in [2.24, 2.45) is 11.8 Å². The second-order valence-corrected chi connectivity index (χ2v) is 7.57. The van der Waals surface area contributed by atoms with E-state index in [4.69, 9.17) is 0 Å². The van der Waals surface area contributed by atoms with Crippen LogP contribution in [0.3, 0.4) is 0 Å². The van der Waals surface area contributed by atoms with Crippen LogP contribution < -0.4 is 5.32 Å². The molecule has 0 spiro atoms. The van der Waals surface area contributed by atoms with Crippen LogP contribution in [0.2, 0.25) is 0 Å². The number of aliphatic hydroxyl groups excluding tert-OH is 1. The van der Waals surface area contributed by atoms with E-state index in [1.165, 1.54) is 5.56 Å². The molecule has 1 aromatic rings. The molecule has 1 aromatic carbocycles. The summed E-state index contributed by atoms with van der Waals surface area (Å²) in [7, 11) is 0. The van der Waals surface area contributed by atoms with Crippen molar-refractivity contribution in [1.82, 2.24) is 5.32 Å². The third kappa shape index (κ3) is 5.91. The first-order valence-electron chi connectivity index (χ1n) is 9.14. The van der Waals surface area contributed by atoms with Crippen LogP contribution in [-0.4, -0.2) is 35.0 Å². The molecule has 3 nitrogen and oxygen atoms in total. The minimum atomic E-state index is -0.820. The third-order valence-corrected chi connectivity index (χ3v) is 5.27. The Morgan fingerprint density at radius 2 is 1.91 bits per heavy atom. The number of nitrogens with one attached hydrogen (secondary N) is 1. The van der Waals surface area contributed by atoms with E-state index in [9.17, 15) is 10.2 Å². The second-order valence-electron chi connectivity index (χ2n) is 7.57. The molecule has 2 rings (SSSR count). The van der Waals surface area contributed by atoms with Crippen molar-refractivity contribution in [2.75, 3.05) is 13.1 Å². The topological polar surface area (TPSA) is 52.5 Å². The number of hydrogen-bond donors (Lipinski definition) is 3. The minimum Gasteiger partial charge on any atom is -0.393 e. The fourth-order valence-electron chi connectivity index (χ4n) is 3.77. The van der Waals surface area contributed by atoms with Crippen molar-refractivity contribution in [3.8, 4) is 0 Å². The van der Waals surface area contributed by atoms with Gasteiger partial charge >= 0.3 is 0 Å². The maximum atomic E-state index is 10.7. The van der Waals surface area contributed by atoms with E-state index in [1.54, 1.807) is 0 Å². The van der Waals surface area contributed by atoms with E-state index in [0.717, 1.165) is 45.1 Å². The summed E-state index contributed by atoms with van der Waals surface area (Å²) in [4.78, 5) is 0. The highest BCUT2D eigenvalue weighted by atomic mass is 16.3. The monoisotopic (exact) mass is 319 g/mol. The highest BCUT2D eigenvalue weighted by Gasteiger charge is 2.39. The minimum absolute atomic E-state index is 0.00415. The summed E-state index contributed by atoms with van der Waals surface area (Å²) >= 11 is 0. The first kappa shape index (κ1) is 18.4. The molecule has 0 amide bonds. The molecule has 1 saturated carbocycles. The van der Waals surface area contributed by atoms with Crippen LogP contribution in [0, 0.1) is 11.8 Å². The maximum Gasteiger partial charge on any atom is 0.0796 e. The zero-order chi connectivity index (χ0) is 16.7. The first-order valence-corrected chi connectivity index (χ1v) is 9.14. The summed E-state index contributed by atoms with van der Waals surface area (Å²) in [6.07, 6.45) is 5.85. The molecule has 1 fully saturated rings. The molecule has 0 aromatic heterocycles. The van der Waals surface area contributed by atoms with Gasteiger partial charge in [-0.05, 0) is 57.1 Å². The standard InChI is InChI=1S/C20H33NO2/c1-16-11-12-18(19(22)14-16)20(2,23)15-21-13-7-6-10-17-8-4-3-5-9-17/h3-5,8-9,16,18-19,21-23H,6-7,10-15H2,1-2H3/t16-,18-,19+,20-/m1/s1. The Kier molecular flexibility index (Phi) is 7.07. The van der Waals surface area contributed by atoms with E-state index in [1.807, 2.05) is 13.0 Å². The second kappa shape index (κ2) is 8.81.